The van der Waals surface area contributed by atoms with Crippen LogP contribution in [0.3, 0.4) is 0 Å². The number of pyridine rings is 1. The normalized spacial score (nSPS) is 10.8. The van der Waals surface area contributed by atoms with Crippen molar-refractivity contribution in [3.63, 3.8) is 0 Å². The molecule has 1 aromatic heterocycles. The van der Waals surface area contributed by atoms with Gasteiger partial charge in [0.1, 0.15) is 5.75 Å². The van der Waals surface area contributed by atoms with E-state index in [1.54, 1.807) is 6.07 Å². The molecule has 0 aliphatic rings. The molecule has 3 nitrogen and oxygen atoms in total. The maximum absolute atomic E-state index is 13.0. The van der Waals surface area contributed by atoms with Crippen molar-refractivity contribution in [2.45, 2.75) is 13.8 Å². The molecule has 138 valence electrons. The molecule has 0 unspecified atom stereocenters. The molecule has 0 radical (unpaired) electrons. The summed E-state index contributed by atoms with van der Waals surface area (Å²) >= 11 is 3.45. The molecule has 1 heterocycles. The van der Waals surface area contributed by atoms with E-state index in [0.717, 1.165) is 37.8 Å². The molecular formula is C24H18BrNO2. The molecule has 0 atom stereocenters. The summed E-state index contributed by atoms with van der Waals surface area (Å²) in [5.41, 5.74) is 5.05. The van der Waals surface area contributed by atoms with Gasteiger partial charge in [-0.3, -0.25) is 0 Å². The summed E-state index contributed by atoms with van der Waals surface area (Å²) in [6, 6.07) is 23.1. The van der Waals surface area contributed by atoms with E-state index in [1.807, 2.05) is 80.6 Å². The third kappa shape index (κ3) is 3.82. The Morgan fingerprint density at radius 2 is 1.64 bits per heavy atom. The van der Waals surface area contributed by atoms with Gasteiger partial charge in [-0.2, -0.15) is 0 Å². The Kier molecular flexibility index (Phi) is 4.97. The SMILES string of the molecule is Cc1cccc(OC(=O)c2cc(-c3ccc(Br)cc3)nc3ccc(C)cc23)c1. The van der Waals surface area contributed by atoms with E-state index in [0.29, 0.717) is 11.3 Å². The minimum Gasteiger partial charge on any atom is -0.423 e. The number of rotatable bonds is 3. The van der Waals surface area contributed by atoms with Gasteiger partial charge in [0.05, 0.1) is 16.8 Å². The van der Waals surface area contributed by atoms with Crippen LogP contribution in [0.2, 0.25) is 0 Å². The average molecular weight is 432 g/mol. The zero-order valence-electron chi connectivity index (χ0n) is 15.6. The van der Waals surface area contributed by atoms with Crippen LogP contribution in [0.1, 0.15) is 21.5 Å². The summed E-state index contributed by atoms with van der Waals surface area (Å²) in [6.45, 7) is 3.96. The van der Waals surface area contributed by atoms with Crippen molar-refractivity contribution in [2.24, 2.45) is 0 Å². The molecular weight excluding hydrogens is 414 g/mol. The molecule has 0 saturated heterocycles. The zero-order chi connectivity index (χ0) is 19.7. The second-order valence-corrected chi connectivity index (χ2v) is 7.70. The first-order valence-corrected chi connectivity index (χ1v) is 9.75. The standard InChI is InChI=1S/C24H18BrNO2/c1-15-4-3-5-19(12-15)28-24(27)21-14-23(17-7-9-18(25)10-8-17)26-22-11-6-16(2)13-20(21)22/h3-14H,1-2H3. The zero-order valence-corrected chi connectivity index (χ0v) is 17.2. The van der Waals surface area contributed by atoms with Gasteiger partial charge in [0, 0.05) is 15.4 Å². The number of esters is 1. The van der Waals surface area contributed by atoms with Gasteiger partial charge >= 0.3 is 5.97 Å². The minimum absolute atomic E-state index is 0.387. The number of aromatic nitrogens is 1. The molecule has 0 amide bonds. The predicted octanol–water partition coefficient (Wildman–Crippen LogP) is 6.50. The Morgan fingerprint density at radius 3 is 2.39 bits per heavy atom. The summed E-state index contributed by atoms with van der Waals surface area (Å²) in [6.07, 6.45) is 0. The first-order valence-electron chi connectivity index (χ1n) is 8.96. The molecule has 0 saturated carbocycles. The Hall–Kier alpha value is -2.98. The molecule has 0 spiro atoms. The summed E-state index contributed by atoms with van der Waals surface area (Å²) in [4.78, 5) is 17.8. The van der Waals surface area contributed by atoms with Crippen molar-refractivity contribution < 1.29 is 9.53 Å². The van der Waals surface area contributed by atoms with Gasteiger partial charge in [0.25, 0.3) is 0 Å². The van der Waals surface area contributed by atoms with Crippen LogP contribution in [0, 0.1) is 13.8 Å². The molecule has 0 N–H and O–H groups in total. The van der Waals surface area contributed by atoms with Crippen LogP contribution in [0.15, 0.2) is 77.3 Å². The molecule has 0 aliphatic heterocycles. The van der Waals surface area contributed by atoms with Crippen molar-refractivity contribution in [1.29, 1.82) is 0 Å². The maximum atomic E-state index is 13.0. The number of nitrogens with zero attached hydrogens (tertiary/aromatic N) is 1. The number of carbonyl (C=O) groups excluding carboxylic acids is 1. The molecule has 0 fully saturated rings. The van der Waals surface area contributed by atoms with Crippen LogP contribution in [-0.2, 0) is 0 Å². The van der Waals surface area contributed by atoms with Crippen LogP contribution in [0.5, 0.6) is 5.75 Å². The minimum atomic E-state index is -0.387. The number of ether oxygens (including phenoxy) is 1. The van der Waals surface area contributed by atoms with Crippen molar-refractivity contribution in [3.05, 3.63) is 94.0 Å². The van der Waals surface area contributed by atoms with Crippen LogP contribution in [0.4, 0.5) is 0 Å². The largest absolute Gasteiger partial charge is 0.423 e. The molecule has 0 bridgehead atoms. The highest BCUT2D eigenvalue weighted by molar-refractivity contribution is 9.10. The highest BCUT2D eigenvalue weighted by atomic mass is 79.9. The highest BCUT2D eigenvalue weighted by Crippen LogP contribution is 2.28. The monoisotopic (exact) mass is 431 g/mol. The average Bonchev–Trinajstić information content (AvgIpc) is 2.68. The van der Waals surface area contributed by atoms with E-state index in [4.69, 9.17) is 9.72 Å². The van der Waals surface area contributed by atoms with E-state index < -0.39 is 0 Å². The van der Waals surface area contributed by atoms with Gasteiger partial charge in [-0.1, -0.05) is 51.8 Å². The van der Waals surface area contributed by atoms with E-state index in [2.05, 4.69) is 15.9 Å². The van der Waals surface area contributed by atoms with Crippen LogP contribution in [0.25, 0.3) is 22.2 Å². The van der Waals surface area contributed by atoms with Crippen LogP contribution in [-0.4, -0.2) is 11.0 Å². The summed E-state index contributed by atoms with van der Waals surface area (Å²) in [5, 5.41) is 0.790. The maximum Gasteiger partial charge on any atom is 0.344 e. The molecule has 4 rings (SSSR count). The third-order valence-electron chi connectivity index (χ3n) is 4.52. The summed E-state index contributed by atoms with van der Waals surface area (Å²) in [7, 11) is 0. The first kappa shape index (κ1) is 18.4. The Labute approximate surface area is 172 Å². The van der Waals surface area contributed by atoms with Crippen molar-refractivity contribution in [2.75, 3.05) is 0 Å². The van der Waals surface area contributed by atoms with Crippen molar-refractivity contribution in [3.8, 4) is 17.0 Å². The van der Waals surface area contributed by atoms with Crippen LogP contribution >= 0.6 is 15.9 Å². The fourth-order valence-electron chi connectivity index (χ4n) is 3.12. The van der Waals surface area contributed by atoms with Gasteiger partial charge in [0.15, 0.2) is 0 Å². The Morgan fingerprint density at radius 1 is 0.893 bits per heavy atom. The van der Waals surface area contributed by atoms with Gasteiger partial charge in [-0.15, -0.1) is 0 Å². The second kappa shape index (κ2) is 7.56. The fourth-order valence-corrected chi connectivity index (χ4v) is 3.38. The lowest BCUT2D eigenvalue weighted by atomic mass is 10.0. The van der Waals surface area contributed by atoms with Crippen LogP contribution < -0.4 is 4.74 Å². The molecule has 4 heteroatoms. The summed E-state index contributed by atoms with van der Waals surface area (Å²) < 4.78 is 6.66. The predicted molar refractivity (Wildman–Crippen MR) is 116 cm³/mol. The van der Waals surface area contributed by atoms with Gasteiger partial charge in [0.2, 0.25) is 0 Å². The van der Waals surface area contributed by atoms with E-state index >= 15 is 0 Å². The van der Waals surface area contributed by atoms with Gasteiger partial charge < -0.3 is 4.74 Å². The number of hydrogen-bond donors (Lipinski definition) is 0. The quantitative estimate of drug-likeness (QED) is 0.274. The molecule has 28 heavy (non-hydrogen) atoms. The lowest BCUT2D eigenvalue weighted by Crippen LogP contribution is -2.10. The van der Waals surface area contributed by atoms with Crippen molar-refractivity contribution >= 4 is 32.8 Å². The third-order valence-corrected chi connectivity index (χ3v) is 5.05. The van der Waals surface area contributed by atoms with Gasteiger partial charge in [-0.25, -0.2) is 9.78 Å². The Balaban J connectivity index is 1.83. The highest BCUT2D eigenvalue weighted by Gasteiger charge is 2.16. The first-order chi connectivity index (χ1) is 13.5. The van der Waals surface area contributed by atoms with Crippen molar-refractivity contribution in [1.82, 2.24) is 4.98 Å². The summed E-state index contributed by atoms with van der Waals surface area (Å²) in [5.74, 6) is 0.148. The second-order valence-electron chi connectivity index (χ2n) is 6.79. The number of benzene rings is 3. The lowest BCUT2D eigenvalue weighted by Gasteiger charge is -2.11. The fraction of sp³-hybridized carbons (Fsp3) is 0.0833. The number of fused-ring (bicyclic) bond motifs is 1. The molecule has 4 aromatic rings. The molecule has 0 aliphatic carbocycles. The van der Waals surface area contributed by atoms with E-state index in [1.165, 1.54) is 0 Å². The number of hydrogen-bond acceptors (Lipinski definition) is 3. The molecule has 3 aromatic carbocycles. The van der Waals surface area contributed by atoms with E-state index in [-0.39, 0.29) is 5.97 Å². The Bertz CT molecular complexity index is 1180. The lowest BCUT2D eigenvalue weighted by molar-refractivity contribution is 0.0737. The number of halogens is 1. The van der Waals surface area contributed by atoms with Gasteiger partial charge in [-0.05, 0) is 61.9 Å². The van der Waals surface area contributed by atoms with E-state index in [9.17, 15) is 4.79 Å². The number of aryl methyl sites for hydroxylation is 2. The topological polar surface area (TPSA) is 39.2 Å². The smallest absolute Gasteiger partial charge is 0.344 e. The number of carbonyl (C=O) groups is 1.